The second kappa shape index (κ2) is 6.65. The Labute approximate surface area is 109 Å². The number of carbonyl (C=O) groups excluding carboxylic acids is 3. The van der Waals surface area contributed by atoms with Crippen molar-refractivity contribution in [2.75, 3.05) is 13.7 Å². The second-order valence-corrected chi connectivity index (χ2v) is 3.74. The number of carbonyl (C=O) groups is 3. The zero-order chi connectivity index (χ0) is 13.5. The molecule has 7 heteroatoms. The van der Waals surface area contributed by atoms with E-state index in [4.69, 9.17) is 0 Å². The van der Waals surface area contributed by atoms with Gasteiger partial charge in [-0.15, -0.1) is 0 Å². The molecular weight excluding hydrogens is 256 g/mol. The third kappa shape index (κ3) is 4.10. The molecule has 0 saturated heterocycles. The van der Waals surface area contributed by atoms with E-state index in [9.17, 15) is 14.4 Å². The van der Waals surface area contributed by atoms with Gasteiger partial charge in [0, 0.05) is 5.56 Å². The SMILES string of the molecule is COC(=O)CN(S)C(=O)NC(=O)c1ccccc1. The molecule has 0 fully saturated rings. The van der Waals surface area contributed by atoms with Crippen molar-refractivity contribution >= 4 is 30.7 Å². The summed E-state index contributed by atoms with van der Waals surface area (Å²) in [5.41, 5.74) is 0.339. The molecule has 1 aromatic rings. The molecule has 0 aliphatic carbocycles. The molecule has 6 nitrogen and oxygen atoms in total. The summed E-state index contributed by atoms with van der Waals surface area (Å²) in [6.45, 7) is -0.354. The highest BCUT2D eigenvalue weighted by Gasteiger charge is 2.17. The van der Waals surface area contributed by atoms with Gasteiger partial charge >= 0.3 is 12.0 Å². The maximum absolute atomic E-state index is 11.6. The molecule has 0 bridgehead atoms. The van der Waals surface area contributed by atoms with Gasteiger partial charge in [0.1, 0.15) is 6.54 Å². The molecule has 3 amide bonds. The van der Waals surface area contributed by atoms with Crippen molar-refractivity contribution in [2.45, 2.75) is 0 Å². The van der Waals surface area contributed by atoms with Crippen molar-refractivity contribution in [3.05, 3.63) is 35.9 Å². The lowest BCUT2D eigenvalue weighted by molar-refractivity contribution is -0.140. The summed E-state index contributed by atoms with van der Waals surface area (Å²) in [5.74, 6) is -1.20. The Morgan fingerprint density at radius 3 is 2.44 bits per heavy atom. The maximum Gasteiger partial charge on any atom is 0.334 e. The number of benzene rings is 1. The van der Waals surface area contributed by atoms with Crippen LogP contribution in [0.1, 0.15) is 10.4 Å². The van der Waals surface area contributed by atoms with Crippen LogP contribution < -0.4 is 5.32 Å². The molecule has 0 radical (unpaired) electrons. The number of thiol groups is 1. The number of ether oxygens (including phenoxy) is 1. The van der Waals surface area contributed by atoms with Crippen molar-refractivity contribution in [3.63, 3.8) is 0 Å². The predicted molar refractivity (Wildman–Crippen MR) is 67.0 cm³/mol. The fraction of sp³-hybridized carbons (Fsp3) is 0.182. The molecule has 1 rings (SSSR count). The van der Waals surface area contributed by atoms with Gasteiger partial charge in [0.25, 0.3) is 5.91 Å². The topological polar surface area (TPSA) is 75.7 Å². The quantitative estimate of drug-likeness (QED) is 0.629. The van der Waals surface area contributed by atoms with E-state index < -0.39 is 17.9 Å². The highest BCUT2D eigenvalue weighted by atomic mass is 32.1. The summed E-state index contributed by atoms with van der Waals surface area (Å²) in [6.07, 6.45) is 0. The van der Waals surface area contributed by atoms with Crippen LogP contribution in [0.25, 0.3) is 0 Å². The van der Waals surface area contributed by atoms with Crippen LogP contribution >= 0.6 is 12.8 Å². The Hall–Kier alpha value is -2.02. The molecule has 0 spiro atoms. The monoisotopic (exact) mass is 268 g/mol. The van der Waals surface area contributed by atoms with Crippen LogP contribution in [0.3, 0.4) is 0 Å². The van der Waals surface area contributed by atoms with Crippen molar-refractivity contribution in [3.8, 4) is 0 Å². The Balaban J connectivity index is 2.55. The van der Waals surface area contributed by atoms with E-state index in [0.717, 1.165) is 4.31 Å². The lowest BCUT2D eigenvalue weighted by Gasteiger charge is -2.14. The summed E-state index contributed by atoms with van der Waals surface area (Å²) in [4.78, 5) is 34.0. The molecule has 18 heavy (non-hydrogen) atoms. The molecule has 0 heterocycles. The van der Waals surface area contributed by atoms with E-state index >= 15 is 0 Å². The van der Waals surface area contributed by atoms with Crippen LogP contribution in [0, 0.1) is 0 Å². The van der Waals surface area contributed by atoms with Gasteiger partial charge in [-0.1, -0.05) is 31.0 Å². The summed E-state index contributed by atoms with van der Waals surface area (Å²) in [7, 11) is 1.19. The number of methoxy groups -OCH3 is 1. The Bertz CT molecular complexity index is 450. The van der Waals surface area contributed by atoms with Crippen LogP contribution in [-0.2, 0) is 9.53 Å². The number of hydrogen-bond acceptors (Lipinski definition) is 5. The average Bonchev–Trinajstić information content (AvgIpc) is 2.39. The molecule has 1 aromatic carbocycles. The van der Waals surface area contributed by atoms with Crippen molar-refractivity contribution in [1.29, 1.82) is 0 Å². The maximum atomic E-state index is 11.6. The lowest BCUT2D eigenvalue weighted by Crippen LogP contribution is -2.40. The first-order valence-electron chi connectivity index (χ1n) is 4.98. The first-order chi connectivity index (χ1) is 8.54. The first-order valence-corrected chi connectivity index (χ1v) is 5.38. The molecule has 0 aliphatic heterocycles. The standard InChI is InChI=1S/C11H12N2O4S/c1-17-9(14)7-13(18)11(16)12-10(15)8-5-3-2-4-6-8/h2-6,18H,7H2,1H3,(H,12,15,16). The number of rotatable bonds is 3. The van der Waals surface area contributed by atoms with E-state index in [1.165, 1.54) is 7.11 Å². The zero-order valence-corrected chi connectivity index (χ0v) is 10.5. The Morgan fingerprint density at radius 2 is 1.89 bits per heavy atom. The summed E-state index contributed by atoms with van der Waals surface area (Å²) < 4.78 is 5.12. The minimum absolute atomic E-state index is 0.339. The third-order valence-corrected chi connectivity index (χ3v) is 2.32. The van der Waals surface area contributed by atoms with E-state index in [1.54, 1.807) is 30.3 Å². The second-order valence-electron chi connectivity index (χ2n) is 3.26. The molecular formula is C11H12N2O4S. The van der Waals surface area contributed by atoms with Gasteiger partial charge < -0.3 is 4.74 Å². The number of urea groups is 1. The Kier molecular flexibility index (Phi) is 5.19. The van der Waals surface area contributed by atoms with Gasteiger partial charge in [0.05, 0.1) is 7.11 Å². The number of amides is 3. The van der Waals surface area contributed by atoms with Crippen LogP contribution in [0.2, 0.25) is 0 Å². The summed E-state index contributed by atoms with van der Waals surface area (Å²) in [6, 6.07) is 7.43. The van der Waals surface area contributed by atoms with E-state index in [2.05, 4.69) is 22.9 Å². The number of esters is 1. The first kappa shape index (κ1) is 14.0. The third-order valence-electron chi connectivity index (χ3n) is 2.00. The van der Waals surface area contributed by atoms with Crippen LogP contribution in [-0.4, -0.2) is 35.9 Å². The van der Waals surface area contributed by atoms with Gasteiger partial charge in [-0.2, -0.15) is 0 Å². The van der Waals surface area contributed by atoms with E-state index in [0.29, 0.717) is 5.56 Å². The molecule has 0 unspecified atom stereocenters. The normalized spacial score (nSPS) is 9.44. The molecule has 0 atom stereocenters. The fourth-order valence-corrected chi connectivity index (χ4v) is 1.25. The molecule has 0 aliphatic rings. The van der Waals surface area contributed by atoms with Gasteiger partial charge in [-0.05, 0) is 12.1 Å². The predicted octanol–water partition coefficient (Wildman–Crippen LogP) is 0.856. The number of imide groups is 1. The highest BCUT2D eigenvalue weighted by Crippen LogP contribution is 2.00. The van der Waals surface area contributed by atoms with Gasteiger partial charge in [-0.3, -0.25) is 19.2 Å². The van der Waals surface area contributed by atoms with Gasteiger partial charge in [-0.25, -0.2) is 4.79 Å². The van der Waals surface area contributed by atoms with Crippen molar-refractivity contribution in [1.82, 2.24) is 9.62 Å². The van der Waals surface area contributed by atoms with Crippen LogP contribution in [0.4, 0.5) is 4.79 Å². The van der Waals surface area contributed by atoms with E-state index in [1.807, 2.05) is 0 Å². The van der Waals surface area contributed by atoms with Gasteiger partial charge in [0.15, 0.2) is 0 Å². The largest absolute Gasteiger partial charge is 0.468 e. The fourth-order valence-electron chi connectivity index (χ4n) is 1.08. The number of nitrogens with one attached hydrogen (secondary N) is 1. The summed E-state index contributed by atoms with van der Waals surface area (Å²) in [5, 5.41) is 2.09. The highest BCUT2D eigenvalue weighted by molar-refractivity contribution is 7.78. The minimum atomic E-state index is -0.794. The molecule has 0 aromatic heterocycles. The van der Waals surface area contributed by atoms with Gasteiger partial charge in [0.2, 0.25) is 0 Å². The average molecular weight is 268 g/mol. The van der Waals surface area contributed by atoms with Crippen molar-refractivity contribution < 1.29 is 19.1 Å². The van der Waals surface area contributed by atoms with Crippen molar-refractivity contribution in [2.24, 2.45) is 0 Å². The van der Waals surface area contributed by atoms with Crippen LogP contribution in [0.15, 0.2) is 30.3 Å². The molecule has 1 N–H and O–H groups in total. The number of nitrogens with zero attached hydrogens (tertiary/aromatic N) is 1. The smallest absolute Gasteiger partial charge is 0.334 e. The Morgan fingerprint density at radius 1 is 1.28 bits per heavy atom. The molecule has 0 saturated carbocycles. The lowest BCUT2D eigenvalue weighted by atomic mass is 10.2. The minimum Gasteiger partial charge on any atom is -0.468 e. The number of hydrogen-bond donors (Lipinski definition) is 2. The van der Waals surface area contributed by atoms with Crippen LogP contribution in [0.5, 0.6) is 0 Å². The van der Waals surface area contributed by atoms with E-state index in [-0.39, 0.29) is 6.54 Å². The molecule has 96 valence electrons. The zero-order valence-electron chi connectivity index (χ0n) is 9.62. The summed E-state index contributed by atoms with van der Waals surface area (Å²) >= 11 is 3.77.